The summed E-state index contributed by atoms with van der Waals surface area (Å²) in [5, 5.41) is 14.1. The Kier molecular flexibility index (Phi) is 3.55. The average molecular weight is 391 g/mol. The summed E-state index contributed by atoms with van der Waals surface area (Å²) in [5.41, 5.74) is 7.91. The van der Waals surface area contributed by atoms with Crippen LogP contribution in [0.3, 0.4) is 0 Å². The maximum Gasteiger partial charge on any atom is 0.138 e. The van der Waals surface area contributed by atoms with Gasteiger partial charge in [-0.1, -0.05) is 12.1 Å². The van der Waals surface area contributed by atoms with E-state index in [1.165, 1.54) is 0 Å². The van der Waals surface area contributed by atoms with Gasteiger partial charge in [-0.3, -0.25) is 14.8 Å². The summed E-state index contributed by atoms with van der Waals surface area (Å²) in [6.45, 7) is 0. The second-order valence-electron chi connectivity index (χ2n) is 7.28. The van der Waals surface area contributed by atoms with Crippen molar-refractivity contribution in [3.8, 4) is 33.6 Å². The lowest BCUT2D eigenvalue weighted by Crippen LogP contribution is -1.84. The summed E-state index contributed by atoms with van der Waals surface area (Å²) >= 11 is 0. The first-order chi connectivity index (χ1) is 14.8. The largest absolute Gasteiger partial charge is 0.338 e. The highest BCUT2D eigenvalue weighted by Crippen LogP contribution is 2.34. The quantitative estimate of drug-likeness (QED) is 0.463. The van der Waals surface area contributed by atoms with E-state index in [1.807, 2.05) is 44.0 Å². The van der Waals surface area contributed by atoms with Gasteiger partial charge in [0, 0.05) is 53.7 Å². The molecule has 0 spiro atoms. The normalized spacial score (nSPS) is 11.5. The zero-order valence-electron chi connectivity index (χ0n) is 16.2. The summed E-state index contributed by atoms with van der Waals surface area (Å²) in [6, 6.07) is 14.4. The van der Waals surface area contributed by atoms with Crippen LogP contribution in [0, 0.1) is 0 Å². The van der Waals surface area contributed by atoms with E-state index < -0.39 is 0 Å². The predicted octanol–water partition coefficient (Wildman–Crippen LogP) is 4.57. The van der Waals surface area contributed by atoms with Crippen LogP contribution in [0.5, 0.6) is 0 Å². The Balaban J connectivity index is 1.52. The number of rotatable bonds is 3. The molecule has 0 amide bonds. The van der Waals surface area contributed by atoms with Gasteiger partial charge in [-0.15, -0.1) is 0 Å². The number of hydrogen-bond acceptors (Lipinski definition) is 4. The zero-order chi connectivity index (χ0) is 20.1. The second-order valence-corrected chi connectivity index (χ2v) is 7.28. The Morgan fingerprint density at radius 3 is 2.70 bits per heavy atom. The van der Waals surface area contributed by atoms with Crippen LogP contribution in [0.1, 0.15) is 0 Å². The van der Waals surface area contributed by atoms with Gasteiger partial charge in [0.2, 0.25) is 0 Å². The maximum absolute atomic E-state index is 4.59. The number of hydrogen-bond donors (Lipinski definition) is 2. The Hall–Kier alpha value is -4.26. The minimum Gasteiger partial charge on any atom is -0.338 e. The first-order valence-electron chi connectivity index (χ1n) is 9.62. The Bertz CT molecular complexity index is 1510. The molecule has 0 unspecified atom stereocenters. The van der Waals surface area contributed by atoms with Crippen LogP contribution in [0.25, 0.3) is 55.6 Å². The van der Waals surface area contributed by atoms with Crippen LogP contribution >= 0.6 is 0 Å². The standard InChI is InChI=1S/C23H17N7/c1-30-13-16(12-26-30)14-4-5-20-19(9-14)22(29-28-20)21-10-18-17(6-8-25-23(18)27-21)15-3-2-7-24-11-15/h2-13H,1H3,(H,25,27)(H,28,29). The topological polar surface area (TPSA) is 88.1 Å². The number of H-pyrrole nitrogens is 2. The summed E-state index contributed by atoms with van der Waals surface area (Å²) in [5.74, 6) is 0. The van der Waals surface area contributed by atoms with Crippen LogP contribution in [0.2, 0.25) is 0 Å². The number of benzene rings is 1. The number of aryl methyl sites for hydroxylation is 1. The molecule has 0 aliphatic carbocycles. The van der Waals surface area contributed by atoms with E-state index in [9.17, 15) is 0 Å². The van der Waals surface area contributed by atoms with E-state index in [4.69, 9.17) is 0 Å². The van der Waals surface area contributed by atoms with Gasteiger partial charge in [0.25, 0.3) is 0 Å². The average Bonchev–Trinajstić information content (AvgIpc) is 3.50. The molecule has 2 N–H and O–H groups in total. The smallest absolute Gasteiger partial charge is 0.138 e. The maximum atomic E-state index is 4.59. The molecule has 0 aliphatic heterocycles. The van der Waals surface area contributed by atoms with E-state index in [2.05, 4.69) is 60.6 Å². The van der Waals surface area contributed by atoms with Gasteiger partial charge in [-0.05, 0) is 41.5 Å². The van der Waals surface area contributed by atoms with Crippen LogP contribution < -0.4 is 0 Å². The fourth-order valence-electron chi connectivity index (χ4n) is 3.90. The molecular formula is C23H17N7. The molecule has 144 valence electrons. The molecule has 6 rings (SSSR count). The van der Waals surface area contributed by atoms with Gasteiger partial charge >= 0.3 is 0 Å². The molecule has 0 fully saturated rings. The van der Waals surface area contributed by atoms with Crippen LogP contribution in [0.4, 0.5) is 0 Å². The zero-order valence-corrected chi connectivity index (χ0v) is 16.2. The molecule has 0 aliphatic rings. The van der Waals surface area contributed by atoms with E-state index in [0.29, 0.717) is 0 Å². The van der Waals surface area contributed by atoms with Gasteiger partial charge in [-0.25, -0.2) is 4.98 Å². The fraction of sp³-hybridized carbons (Fsp3) is 0.0435. The van der Waals surface area contributed by atoms with Crippen molar-refractivity contribution >= 4 is 21.9 Å². The van der Waals surface area contributed by atoms with Gasteiger partial charge in [-0.2, -0.15) is 10.2 Å². The molecule has 1 aromatic carbocycles. The lowest BCUT2D eigenvalue weighted by Gasteiger charge is -2.01. The Morgan fingerprint density at radius 2 is 1.87 bits per heavy atom. The van der Waals surface area contributed by atoms with Crippen LogP contribution in [-0.4, -0.2) is 34.9 Å². The molecule has 0 bridgehead atoms. The first kappa shape index (κ1) is 16.7. The summed E-state index contributed by atoms with van der Waals surface area (Å²) in [4.78, 5) is 12.2. The van der Waals surface area contributed by atoms with E-state index in [-0.39, 0.29) is 0 Å². The molecule has 7 nitrogen and oxygen atoms in total. The molecule has 5 heterocycles. The van der Waals surface area contributed by atoms with Crippen molar-refractivity contribution in [2.45, 2.75) is 0 Å². The highest BCUT2D eigenvalue weighted by Gasteiger charge is 2.15. The molecule has 6 aromatic rings. The van der Waals surface area contributed by atoms with Crippen molar-refractivity contribution in [3.05, 3.63) is 73.4 Å². The third kappa shape index (κ3) is 2.60. The number of nitrogens with one attached hydrogen (secondary N) is 2. The van der Waals surface area contributed by atoms with E-state index >= 15 is 0 Å². The molecule has 0 saturated carbocycles. The van der Waals surface area contributed by atoms with Crippen molar-refractivity contribution < 1.29 is 0 Å². The van der Waals surface area contributed by atoms with Crippen molar-refractivity contribution in [1.29, 1.82) is 0 Å². The number of aromatic nitrogens is 7. The summed E-state index contributed by atoms with van der Waals surface area (Å²) in [7, 11) is 1.92. The van der Waals surface area contributed by atoms with Gasteiger partial charge < -0.3 is 4.98 Å². The van der Waals surface area contributed by atoms with Crippen LogP contribution in [-0.2, 0) is 7.05 Å². The van der Waals surface area contributed by atoms with Crippen molar-refractivity contribution in [1.82, 2.24) is 34.9 Å². The molecule has 0 radical (unpaired) electrons. The van der Waals surface area contributed by atoms with E-state index in [1.54, 1.807) is 10.9 Å². The summed E-state index contributed by atoms with van der Waals surface area (Å²) < 4.78 is 1.80. The molecule has 30 heavy (non-hydrogen) atoms. The molecule has 0 saturated heterocycles. The SMILES string of the molecule is Cn1cc(-c2ccc3[nH]nc(-c4cc5c(-c6cccnc6)ccnc5[nH]4)c3c2)cn1. The number of nitrogens with zero attached hydrogens (tertiary/aromatic N) is 5. The van der Waals surface area contributed by atoms with Crippen molar-refractivity contribution in [2.75, 3.05) is 0 Å². The second kappa shape index (κ2) is 6.38. The van der Waals surface area contributed by atoms with Gasteiger partial charge in [0.05, 0.1) is 17.4 Å². The van der Waals surface area contributed by atoms with Crippen molar-refractivity contribution in [2.24, 2.45) is 7.05 Å². The number of pyridine rings is 2. The molecule has 5 aromatic heterocycles. The lowest BCUT2D eigenvalue weighted by molar-refractivity contribution is 0.768. The lowest BCUT2D eigenvalue weighted by atomic mass is 10.0. The molecular weight excluding hydrogens is 374 g/mol. The highest BCUT2D eigenvalue weighted by molar-refractivity contribution is 6.00. The number of fused-ring (bicyclic) bond motifs is 2. The summed E-state index contributed by atoms with van der Waals surface area (Å²) in [6.07, 6.45) is 9.34. The molecule has 7 heteroatoms. The number of aromatic amines is 2. The van der Waals surface area contributed by atoms with Crippen LogP contribution in [0.15, 0.2) is 73.4 Å². The fourth-order valence-corrected chi connectivity index (χ4v) is 3.90. The van der Waals surface area contributed by atoms with Gasteiger partial charge in [0.1, 0.15) is 11.3 Å². The third-order valence-electron chi connectivity index (χ3n) is 5.36. The minimum absolute atomic E-state index is 0.825. The monoisotopic (exact) mass is 391 g/mol. The Morgan fingerprint density at radius 1 is 0.900 bits per heavy atom. The van der Waals surface area contributed by atoms with Crippen molar-refractivity contribution in [3.63, 3.8) is 0 Å². The molecule has 0 atom stereocenters. The predicted molar refractivity (Wildman–Crippen MR) is 117 cm³/mol. The minimum atomic E-state index is 0.825. The third-order valence-corrected chi connectivity index (χ3v) is 5.36. The Labute approximate surface area is 171 Å². The highest BCUT2D eigenvalue weighted by atomic mass is 15.2. The van der Waals surface area contributed by atoms with Gasteiger partial charge in [0.15, 0.2) is 0 Å². The van der Waals surface area contributed by atoms with E-state index in [0.717, 1.165) is 55.6 Å². The first-order valence-corrected chi connectivity index (χ1v) is 9.62.